The molecule has 2 aromatic carbocycles. The third-order valence-electron chi connectivity index (χ3n) is 5.41. The van der Waals surface area contributed by atoms with E-state index in [-0.39, 0.29) is 24.8 Å². The highest BCUT2D eigenvalue weighted by atomic mass is 16.5. The molecule has 0 bridgehead atoms. The van der Waals surface area contributed by atoms with Crippen molar-refractivity contribution in [2.24, 2.45) is 0 Å². The summed E-state index contributed by atoms with van der Waals surface area (Å²) in [5.74, 6) is 5.13. The number of hydrogen-bond acceptors (Lipinski definition) is 5. The zero-order chi connectivity index (χ0) is 22.3. The van der Waals surface area contributed by atoms with Crippen molar-refractivity contribution in [2.45, 2.75) is 32.0 Å². The van der Waals surface area contributed by atoms with Gasteiger partial charge < -0.3 is 14.4 Å². The van der Waals surface area contributed by atoms with Crippen LogP contribution in [-0.2, 0) is 32.2 Å². The second-order valence-electron chi connectivity index (χ2n) is 7.66. The molecule has 164 valence electrons. The Balaban J connectivity index is 1.23. The predicted molar refractivity (Wildman–Crippen MR) is 116 cm³/mol. The lowest BCUT2D eigenvalue weighted by Crippen LogP contribution is -2.52. The van der Waals surface area contributed by atoms with E-state index in [1.807, 2.05) is 36.4 Å². The number of fused-ring (bicyclic) bond motifs is 1. The number of carbonyl (C=O) groups excluding carboxylic acids is 3. The molecule has 7 nitrogen and oxygen atoms in total. The van der Waals surface area contributed by atoms with Crippen LogP contribution in [0.4, 0.5) is 0 Å². The Morgan fingerprint density at radius 1 is 1.03 bits per heavy atom. The quantitative estimate of drug-likeness (QED) is 0.411. The molecular weight excluding hydrogens is 408 g/mol. The molecule has 3 amide bonds. The summed E-state index contributed by atoms with van der Waals surface area (Å²) in [6, 6.07) is 14.7. The third-order valence-corrected chi connectivity index (χ3v) is 5.41. The lowest BCUT2D eigenvalue weighted by molar-refractivity contribution is -0.136. The molecule has 2 aliphatic heterocycles. The highest BCUT2D eigenvalue weighted by Crippen LogP contribution is 2.28. The molecule has 7 heteroatoms. The molecule has 1 unspecified atom stereocenters. The first-order chi connectivity index (χ1) is 15.6. The first-order valence-electron chi connectivity index (χ1n) is 10.6. The summed E-state index contributed by atoms with van der Waals surface area (Å²) in [5, 5.41) is 2.31. The number of carbonyl (C=O) groups is 3. The number of ether oxygens (including phenoxy) is 2. The number of rotatable bonds is 7. The molecule has 1 atom stereocenters. The van der Waals surface area contributed by atoms with Crippen LogP contribution in [-0.4, -0.2) is 48.5 Å². The van der Waals surface area contributed by atoms with E-state index < -0.39 is 11.9 Å². The normalized spacial score (nSPS) is 17.6. The van der Waals surface area contributed by atoms with Crippen LogP contribution in [0.1, 0.15) is 39.9 Å². The largest absolute Gasteiger partial charge is 0.374 e. The molecule has 1 N–H and O–H groups in total. The van der Waals surface area contributed by atoms with Crippen molar-refractivity contribution in [1.82, 2.24) is 10.2 Å². The summed E-state index contributed by atoms with van der Waals surface area (Å²) in [7, 11) is 0. The Morgan fingerprint density at radius 3 is 2.66 bits per heavy atom. The standard InChI is InChI=1S/C25H24N2O5/c28-23-11-10-22(24(29)26-23)27-16-20-15-18(8-9-21(20)25(27)30)7-4-12-31-13-14-32-17-19-5-2-1-3-6-19/h1-3,5-6,8-9,15,22H,10-14,16-17H2,(H,26,28,29). The molecule has 0 aromatic heterocycles. The Morgan fingerprint density at radius 2 is 1.84 bits per heavy atom. The molecule has 2 aliphatic rings. The van der Waals surface area contributed by atoms with Crippen LogP contribution in [0.2, 0.25) is 0 Å². The van der Waals surface area contributed by atoms with Crippen LogP contribution in [0.5, 0.6) is 0 Å². The van der Waals surface area contributed by atoms with Crippen LogP contribution in [0, 0.1) is 11.8 Å². The third kappa shape index (κ3) is 5.22. The van der Waals surface area contributed by atoms with Crippen molar-refractivity contribution in [3.05, 3.63) is 70.8 Å². The van der Waals surface area contributed by atoms with E-state index in [1.165, 1.54) is 4.90 Å². The summed E-state index contributed by atoms with van der Waals surface area (Å²) in [5.41, 5.74) is 3.32. The van der Waals surface area contributed by atoms with Gasteiger partial charge >= 0.3 is 0 Å². The summed E-state index contributed by atoms with van der Waals surface area (Å²) in [6.07, 6.45) is 0.591. The molecule has 4 rings (SSSR count). The Labute approximate surface area is 186 Å². The van der Waals surface area contributed by atoms with Gasteiger partial charge in [0.25, 0.3) is 5.91 Å². The first kappa shape index (κ1) is 21.8. The summed E-state index contributed by atoms with van der Waals surface area (Å²) in [6.45, 7) is 2.13. The lowest BCUT2D eigenvalue weighted by atomic mass is 10.0. The van der Waals surface area contributed by atoms with E-state index in [1.54, 1.807) is 12.1 Å². The number of nitrogens with one attached hydrogen (secondary N) is 1. The number of amides is 3. The fourth-order valence-electron chi connectivity index (χ4n) is 3.80. The minimum absolute atomic E-state index is 0.187. The van der Waals surface area contributed by atoms with Gasteiger partial charge in [-0.15, -0.1) is 0 Å². The van der Waals surface area contributed by atoms with Crippen molar-refractivity contribution < 1.29 is 23.9 Å². The minimum atomic E-state index is -0.611. The van der Waals surface area contributed by atoms with Crippen LogP contribution in [0.15, 0.2) is 48.5 Å². The van der Waals surface area contributed by atoms with E-state index in [0.29, 0.717) is 38.3 Å². The van der Waals surface area contributed by atoms with Gasteiger partial charge in [-0.3, -0.25) is 19.7 Å². The SMILES string of the molecule is O=C1CCC(N2Cc3cc(C#CCOCCOCc4ccccc4)ccc3C2=O)C(=O)N1. The fraction of sp³-hybridized carbons (Fsp3) is 0.320. The Bertz CT molecular complexity index is 1070. The van der Waals surface area contributed by atoms with Gasteiger partial charge in [0, 0.05) is 24.1 Å². The Kier molecular flexibility index (Phi) is 6.95. The van der Waals surface area contributed by atoms with Crippen LogP contribution < -0.4 is 5.32 Å². The van der Waals surface area contributed by atoms with Crippen molar-refractivity contribution in [3.8, 4) is 11.8 Å². The van der Waals surface area contributed by atoms with E-state index in [4.69, 9.17) is 9.47 Å². The van der Waals surface area contributed by atoms with Crippen molar-refractivity contribution >= 4 is 17.7 Å². The van der Waals surface area contributed by atoms with Gasteiger partial charge in [-0.05, 0) is 35.7 Å². The highest BCUT2D eigenvalue weighted by Gasteiger charge is 2.38. The molecule has 2 aromatic rings. The van der Waals surface area contributed by atoms with E-state index >= 15 is 0 Å². The van der Waals surface area contributed by atoms with Gasteiger partial charge in [0.1, 0.15) is 12.6 Å². The molecular formula is C25H24N2O5. The van der Waals surface area contributed by atoms with Crippen LogP contribution in [0.3, 0.4) is 0 Å². The predicted octanol–water partition coefficient (Wildman–Crippen LogP) is 2.03. The minimum Gasteiger partial charge on any atom is -0.374 e. The Hall–Kier alpha value is -3.47. The fourth-order valence-corrected chi connectivity index (χ4v) is 3.80. The van der Waals surface area contributed by atoms with Gasteiger partial charge in [-0.2, -0.15) is 0 Å². The summed E-state index contributed by atoms with van der Waals surface area (Å²) in [4.78, 5) is 37.7. The zero-order valence-corrected chi connectivity index (χ0v) is 17.6. The highest BCUT2D eigenvalue weighted by molar-refractivity contribution is 6.05. The van der Waals surface area contributed by atoms with Gasteiger partial charge in [-0.25, -0.2) is 0 Å². The molecule has 0 saturated carbocycles. The summed E-state index contributed by atoms with van der Waals surface area (Å²) < 4.78 is 11.0. The first-order valence-corrected chi connectivity index (χ1v) is 10.6. The molecule has 1 fully saturated rings. The maximum Gasteiger partial charge on any atom is 0.255 e. The van der Waals surface area contributed by atoms with Crippen LogP contribution >= 0.6 is 0 Å². The molecule has 0 spiro atoms. The van der Waals surface area contributed by atoms with Crippen molar-refractivity contribution in [3.63, 3.8) is 0 Å². The second kappa shape index (κ2) is 10.2. The topological polar surface area (TPSA) is 84.9 Å². The van der Waals surface area contributed by atoms with E-state index in [9.17, 15) is 14.4 Å². The summed E-state index contributed by atoms with van der Waals surface area (Å²) >= 11 is 0. The number of benzene rings is 2. The van der Waals surface area contributed by atoms with E-state index in [2.05, 4.69) is 17.2 Å². The molecule has 2 heterocycles. The van der Waals surface area contributed by atoms with Crippen LogP contribution in [0.25, 0.3) is 0 Å². The average Bonchev–Trinajstić information content (AvgIpc) is 3.12. The monoisotopic (exact) mass is 432 g/mol. The maximum atomic E-state index is 12.7. The number of hydrogen-bond donors (Lipinski definition) is 1. The number of imide groups is 1. The zero-order valence-electron chi connectivity index (χ0n) is 17.6. The lowest BCUT2D eigenvalue weighted by Gasteiger charge is -2.29. The van der Waals surface area contributed by atoms with Crippen molar-refractivity contribution in [2.75, 3.05) is 19.8 Å². The second-order valence-corrected chi connectivity index (χ2v) is 7.66. The average molecular weight is 432 g/mol. The maximum absolute atomic E-state index is 12.7. The molecule has 1 saturated heterocycles. The molecule has 32 heavy (non-hydrogen) atoms. The van der Waals surface area contributed by atoms with Gasteiger partial charge in [0.05, 0.1) is 19.8 Å². The molecule has 0 aliphatic carbocycles. The van der Waals surface area contributed by atoms with Crippen molar-refractivity contribution in [1.29, 1.82) is 0 Å². The van der Waals surface area contributed by atoms with Gasteiger partial charge in [0.2, 0.25) is 11.8 Å². The molecule has 0 radical (unpaired) electrons. The number of nitrogens with zero attached hydrogens (tertiary/aromatic N) is 1. The van der Waals surface area contributed by atoms with Gasteiger partial charge in [0.15, 0.2) is 0 Å². The smallest absolute Gasteiger partial charge is 0.255 e. The van der Waals surface area contributed by atoms with E-state index in [0.717, 1.165) is 16.7 Å². The number of piperidine rings is 1. The van der Waals surface area contributed by atoms with Gasteiger partial charge in [-0.1, -0.05) is 42.2 Å².